The molecule has 82 valence electrons. The van der Waals surface area contributed by atoms with Crippen molar-refractivity contribution in [2.45, 2.75) is 32.2 Å². The van der Waals surface area contributed by atoms with Gasteiger partial charge in [-0.05, 0) is 20.3 Å². The van der Waals surface area contributed by atoms with Crippen molar-refractivity contribution in [1.82, 2.24) is 10.2 Å². The number of nitrogens with one attached hydrogen (secondary N) is 1. The minimum absolute atomic E-state index is 0.0425. The highest BCUT2D eigenvalue weighted by atomic mass is 16.2. The summed E-state index contributed by atoms with van der Waals surface area (Å²) in [6.07, 6.45) is 6.50. The molecule has 1 heterocycles. The van der Waals surface area contributed by atoms with Crippen molar-refractivity contribution < 1.29 is 9.59 Å². The van der Waals surface area contributed by atoms with Crippen molar-refractivity contribution in [1.29, 1.82) is 0 Å². The molecule has 4 heteroatoms. The molecular weight excluding hydrogens is 192 g/mol. The molecular formula is C11H16N2O2. The highest BCUT2D eigenvalue weighted by Gasteiger charge is 2.38. The van der Waals surface area contributed by atoms with E-state index in [2.05, 4.69) is 11.2 Å². The van der Waals surface area contributed by atoms with Crippen molar-refractivity contribution in [3.8, 4) is 12.3 Å². The third-order valence-electron chi connectivity index (χ3n) is 2.36. The first-order chi connectivity index (χ1) is 6.97. The third-order valence-corrected chi connectivity index (χ3v) is 2.36. The molecule has 0 radical (unpaired) electrons. The molecule has 0 aliphatic carbocycles. The minimum atomic E-state index is -0.786. The van der Waals surface area contributed by atoms with Crippen molar-refractivity contribution >= 4 is 11.8 Å². The smallest absolute Gasteiger partial charge is 0.248 e. The molecule has 1 aliphatic heterocycles. The molecule has 1 rings (SSSR count). The zero-order chi connectivity index (χ0) is 11.5. The minimum Gasteiger partial charge on any atom is -0.341 e. The summed E-state index contributed by atoms with van der Waals surface area (Å²) in [7, 11) is 0. The van der Waals surface area contributed by atoms with E-state index in [1.807, 2.05) is 0 Å². The zero-order valence-corrected chi connectivity index (χ0v) is 9.17. The molecule has 0 saturated carbocycles. The Morgan fingerprint density at radius 2 is 2.20 bits per heavy atom. The van der Waals surface area contributed by atoms with Crippen molar-refractivity contribution in [3.05, 3.63) is 0 Å². The molecule has 0 unspecified atom stereocenters. The SMILES string of the molecule is C#CCCCN1CC(=O)NC(C)(C)C1=O. The van der Waals surface area contributed by atoms with E-state index in [1.165, 1.54) is 0 Å². The Morgan fingerprint density at radius 1 is 1.53 bits per heavy atom. The van der Waals surface area contributed by atoms with Gasteiger partial charge < -0.3 is 10.2 Å². The van der Waals surface area contributed by atoms with Crippen molar-refractivity contribution in [3.63, 3.8) is 0 Å². The van der Waals surface area contributed by atoms with Gasteiger partial charge in [0.15, 0.2) is 0 Å². The van der Waals surface area contributed by atoms with Gasteiger partial charge in [-0.3, -0.25) is 9.59 Å². The first-order valence-corrected chi connectivity index (χ1v) is 5.01. The summed E-state index contributed by atoms with van der Waals surface area (Å²) in [6, 6.07) is 0. The monoisotopic (exact) mass is 208 g/mol. The molecule has 2 amide bonds. The number of hydrogen-bond donors (Lipinski definition) is 1. The fraction of sp³-hybridized carbons (Fsp3) is 0.636. The second-order valence-corrected chi connectivity index (χ2v) is 4.21. The van der Waals surface area contributed by atoms with E-state index >= 15 is 0 Å². The van der Waals surface area contributed by atoms with Crippen LogP contribution in [-0.2, 0) is 9.59 Å². The van der Waals surface area contributed by atoms with E-state index in [1.54, 1.807) is 18.7 Å². The zero-order valence-electron chi connectivity index (χ0n) is 9.17. The van der Waals surface area contributed by atoms with Crippen LogP contribution in [-0.4, -0.2) is 35.3 Å². The van der Waals surface area contributed by atoms with E-state index in [4.69, 9.17) is 6.42 Å². The van der Waals surface area contributed by atoms with Crippen LogP contribution in [0.15, 0.2) is 0 Å². The van der Waals surface area contributed by atoms with Crippen LogP contribution in [0.1, 0.15) is 26.7 Å². The molecule has 1 aliphatic rings. The summed E-state index contributed by atoms with van der Waals surface area (Å²) in [5, 5.41) is 2.66. The Morgan fingerprint density at radius 3 is 2.80 bits per heavy atom. The largest absolute Gasteiger partial charge is 0.341 e. The summed E-state index contributed by atoms with van der Waals surface area (Å²) in [5.41, 5.74) is -0.786. The quantitative estimate of drug-likeness (QED) is 0.529. The van der Waals surface area contributed by atoms with Crippen LogP contribution >= 0.6 is 0 Å². The lowest BCUT2D eigenvalue weighted by atomic mass is 10.0. The van der Waals surface area contributed by atoms with Gasteiger partial charge in [-0.1, -0.05) is 0 Å². The Bertz CT molecular complexity index is 315. The number of unbranched alkanes of at least 4 members (excludes halogenated alkanes) is 1. The molecule has 0 aromatic carbocycles. The second kappa shape index (κ2) is 4.35. The average molecular weight is 208 g/mol. The Hall–Kier alpha value is -1.50. The molecule has 0 spiro atoms. The molecule has 1 N–H and O–H groups in total. The van der Waals surface area contributed by atoms with Crippen LogP contribution < -0.4 is 5.32 Å². The van der Waals surface area contributed by atoms with E-state index in [0.29, 0.717) is 13.0 Å². The van der Waals surface area contributed by atoms with Gasteiger partial charge in [0.05, 0.1) is 6.54 Å². The van der Waals surface area contributed by atoms with Crippen LogP contribution in [0.2, 0.25) is 0 Å². The predicted octanol–water partition coefficient (Wildman–Crippen LogP) is 0.137. The second-order valence-electron chi connectivity index (χ2n) is 4.21. The maximum Gasteiger partial charge on any atom is 0.248 e. The Labute approximate surface area is 90.0 Å². The highest BCUT2D eigenvalue weighted by molar-refractivity contribution is 5.97. The Balaban J connectivity index is 2.60. The lowest BCUT2D eigenvalue weighted by molar-refractivity contribution is -0.148. The number of piperazine rings is 1. The summed E-state index contributed by atoms with van der Waals surface area (Å²) in [4.78, 5) is 24.7. The molecule has 0 aromatic rings. The molecule has 0 aromatic heterocycles. The summed E-state index contributed by atoms with van der Waals surface area (Å²) < 4.78 is 0. The van der Waals surface area contributed by atoms with Crippen LogP contribution in [0.3, 0.4) is 0 Å². The topological polar surface area (TPSA) is 49.4 Å². The number of carbonyl (C=O) groups is 2. The maximum absolute atomic E-state index is 11.8. The lowest BCUT2D eigenvalue weighted by Crippen LogP contribution is -2.63. The predicted molar refractivity (Wildman–Crippen MR) is 56.9 cm³/mol. The normalized spacial score (nSPS) is 19.7. The highest BCUT2D eigenvalue weighted by Crippen LogP contribution is 2.13. The molecule has 1 fully saturated rings. The standard InChI is InChI=1S/C11H16N2O2/c1-4-5-6-7-13-8-9(14)12-11(2,3)10(13)15/h1H,5-8H2,2-3H3,(H,12,14). The van der Waals surface area contributed by atoms with Gasteiger partial charge >= 0.3 is 0 Å². The van der Waals surface area contributed by atoms with Gasteiger partial charge in [0.2, 0.25) is 11.8 Å². The fourth-order valence-corrected chi connectivity index (χ4v) is 1.63. The van der Waals surface area contributed by atoms with Crippen LogP contribution in [0, 0.1) is 12.3 Å². The molecule has 15 heavy (non-hydrogen) atoms. The molecule has 4 nitrogen and oxygen atoms in total. The van der Waals surface area contributed by atoms with E-state index in [9.17, 15) is 9.59 Å². The van der Waals surface area contributed by atoms with E-state index in [-0.39, 0.29) is 18.4 Å². The van der Waals surface area contributed by atoms with Crippen LogP contribution in [0.5, 0.6) is 0 Å². The maximum atomic E-state index is 11.8. The summed E-state index contributed by atoms with van der Waals surface area (Å²) in [6.45, 7) is 4.12. The van der Waals surface area contributed by atoms with Gasteiger partial charge in [-0.15, -0.1) is 12.3 Å². The van der Waals surface area contributed by atoms with Gasteiger partial charge in [0.1, 0.15) is 5.54 Å². The first-order valence-electron chi connectivity index (χ1n) is 5.01. The number of nitrogens with zero attached hydrogens (tertiary/aromatic N) is 1. The number of rotatable bonds is 3. The lowest BCUT2D eigenvalue weighted by Gasteiger charge is -2.37. The number of hydrogen-bond acceptors (Lipinski definition) is 2. The number of terminal acetylenes is 1. The summed E-state index contributed by atoms with van der Waals surface area (Å²) >= 11 is 0. The fourth-order valence-electron chi connectivity index (χ4n) is 1.63. The molecule has 0 atom stereocenters. The van der Waals surface area contributed by atoms with Crippen molar-refractivity contribution in [2.24, 2.45) is 0 Å². The first kappa shape index (κ1) is 11.6. The third kappa shape index (κ3) is 2.72. The van der Waals surface area contributed by atoms with Gasteiger partial charge in [0.25, 0.3) is 0 Å². The van der Waals surface area contributed by atoms with Gasteiger partial charge in [-0.2, -0.15) is 0 Å². The van der Waals surface area contributed by atoms with Gasteiger partial charge in [0, 0.05) is 13.0 Å². The number of amides is 2. The van der Waals surface area contributed by atoms with E-state index in [0.717, 1.165) is 6.42 Å². The van der Waals surface area contributed by atoms with Gasteiger partial charge in [-0.25, -0.2) is 0 Å². The molecule has 0 bridgehead atoms. The van der Waals surface area contributed by atoms with Crippen molar-refractivity contribution in [2.75, 3.05) is 13.1 Å². The van der Waals surface area contributed by atoms with Crippen LogP contribution in [0.4, 0.5) is 0 Å². The summed E-state index contributed by atoms with van der Waals surface area (Å²) in [5.74, 6) is 2.36. The molecule has 1 saturated heterocycles. The van der Waals surface area contributed by atoms with E-state index < -0.39 is 5.54 Å². The Kier molecular flexibility index (Phi) is 3.35. The number of carbonyl (C=O) groups excluding carboxylic acids is 2. The average Bonchev–Trinajstić information content (AvgIpc) is 2.13. The van der Waals surface area contributed by atoms with Crippen LogP contribution in [0.25, 0.3) is 0 Å².